The Balaban J connectivity index is 2.56. The van der Waals surface area contributed by atoms with Crippen molar-refractivity contribution in [2.24, 2.45) is 0 Å². The maximum absolute atomic E-state index is 9.39. The maximum Gasteiger partial charge on any atom is 0.235 e. The first kappa shape index (κ1) is 9.62. The fraction of sp³-hybridized carbons (Fsp3) is 0.364. The Labute approximate surface area is 87.4 Å². The molecule has 0 amide bonds. The van der Waals surface area contributed by atoms with E-state index in [-0.39, 0.29) is 6.10 Å². The van der Waals surface area contributed by atoms with E-state index in [9.17, 15) is 5.11 Å². The molecule has 0 aliphatic carbocycles. The molecule has 0 aliphatic rings. The van der Waals surface area contributed by atoms with Crippen LogP contribution >= 0.6 is 11.3 Å². The van der Waals surface area contributed by atoms with Gasteiger partial charge in [0.15, 0.2) is 6.54 Å². The summed E-state index contributed by atoms with van der Waals surface area (Å²) in [5.41, 5.74) is 1.22. The molecule has 0 radical (unpaired) electrons. The average Bonchev–Trinajstić information content (AvgIpc) is 2.43. The fourth-order valence-corrected chi connectivity index (χ4v) is 2.67. The van der Waals surface area contributed by atoms with Crippen LogP contribution in [0.5, 0.6) is 0 Å². The normalized spacial score (nSPS) is 13.4. The van der Waals surface area contributed by atoms with Crippen molar-refractivity contribution in [3.8, 4) is 0 Å². The van der Waals surface area contributed by atoms with Crippen molar-refractivity contribution in [3.05, 3.63) is 29.3 Å². The molecule has 1 aromatic carbocycles. The van der Waals surface area contributed by atoms with Crippen LogP contribution in [-0.2, 0) is 6.54 Å². The zero-order valence-electron chi connectivity index (χ0n) is 8.40. The number of para-hydroxylation sites is 1. The zero-order valence-corrected chi connectivity index (χ0v) is 9.21. The van der Waals surface area contributed by atoms with Crippen molar-refractivity contribution in [1.29, 1.82) is 0 Å². The minimum absolute atomic E-state index is 0.295. The lowest BCUT2D eigenvalue weighted by molar-refractivity contribution is -0.679. The van der Waals surface area contributed by atoms with Gasteiger partial charge in [0.2, 0.25) is 10.5 Å². The Morgan fingerprint density at radius 2 is 2.14 bits per heavy atom. The molecule has 2 rings (SSSR count). The quantitative estimate of drug-likeness (QED) is 0.749. The van der Waals surface area contributed by atoms with E-state index in [0.29, 0.717) is 6.54 Å². The summed E-state index contributed by atoms with van der Waals surface area (Å²) in [6, 6.07) is 8.30. The van der Waals surface area contributed by atoms with E-state index in [2.05, 4.69) is 23.6 Å². The van der Waals surface area contributed by atoms with Crippen molar-refractivity contribution in [1.82, 2.24) is 0 Å². The third-order valence-electron chi connectivity index (χ3n) is 2.24. The minimum Gasteiger partial charge on any atom is -0.387 e. The van der Waals surface area contributed by atoms with Gasteiger partial charge in [-0.2, -0.15) is 4.57 Å². The van der Waals surface area contributed by atoms with Crippen molar-refractivity contribution < 1.29 is 9.67 Å². The van der Waals surface area contributed by atoms with E-state index in [0.717, 1.165) is 0 Å². The van der Waals surface area contributed by atoms with E-state index in [1.807, 2.05) is 19.1 Å². The summed E-state index contributed by atoms with van der Waals surface area (Å²) in [6.45, 7) is 4.59. The van der Waals surface area contributed by atoms with Crippen molar-refractivity contribution in [2.45, 2.75) is 26.5 Å². The van der Waals surface area contributed by atoms with Gasteiger partial charge in [-0.1, -0.05) is 23.5 Å². The number of aliphatic hydroxyl groups excluding tert-OH is 1. The average molecular weight is 208 g/mol. The van der Waals surface area contributed by atoms with Crippen LogP contribution in [0.25, 0.3) is 10.2 Å². The van der Waals surface area contributed by atoms with Crippen molar-refractivity contribution in [3.63, 3.8) is 0 Å². The lowest BCUT2D eigenvalue weighted by Gasteiger charge is -1.98. The second-order valence-corrected chi connectivity index (χ2v) is 4.78. The SMILES string of the molecule is Cc1sc2ccccc2[n+]1CC(C)O. The topological polar surface area (TPSA) is 24.1 Å². The van der Waals surface area contributed by atoms with Crippen LogP contribution in [-0.4, -0.2) is 11.2 Å². The van der Waals surface area contributed by atoms with Gasteiger partial charge >= 0.3 is 0 Å². The smallest absolute Gasteiger partial charge is 0.235 e. The standard InChI is InChI=1S/C11H14NOS/c1-8(13)7-12-9(2)14-11-6-4-3-5-10(11)12/h3-6,8,13H,7H2,1-2H3/q+1. The number of fused-ring (bicyclic) bond motifs is 1. The summed E-state index contributed by atoms with van der Waals surface area (Å²) < 4.78 is 3.45. The molecule has 0 aliphatic heterocycles. The Morgan fingerprint density at radius 1 is 1.43 bits per heavy atom. The predicted octanol–water partition coefficient (Wildman–Crippen LogP) is 1.88. The lowest BCUT2D eigenvalue weighted by atomic mass is 10.3. The zero-order chi connectivity index (χ0) is 10.1. The number of nitrogens with zero attached hydrogens (tertiary/aromatic N) is 1. The number of benzene rings is 1. The summed E-state index contributed by atoms with van der Waals surface area (Å²) in [5, 5.41) is 10.6. The third kappa shape index (κ3) is 1.65. The molecule has 0 spiro atoms. The highest BCUT2D eigenvalue weighted by molar-refractivity contribution is 7.18. The molecular weight excluding hydrogens is 194 g/mol. The van der Waals surface area contributed by atoms with Crippen LogP contribution in [0, 0.1) is 6.92 Å². The number of thiazole rings is 1. The van der Waals surface area contributed by atoms with Gasteiger partial charge in [-0.25, -0.2) is 0 Å². The molecule has 1 N–H and O–H groups in total. The molecule has 1 unspecified atom stereocenters. The molecule has 0 bridgehead atoms. The van der Waals surface area contributed by atoms with Crippen LogP contribution in [0.15, 0.2) is 24.3 Å². The highest BCUT2D eigenvalue weighted by Crippen LogP contribution is 2.19. The molecule has 0 saturated heterocycles. The van der Waals surface area contributed by atoms with Gasteiger partial charge in [-0.3, -0.25) is 0 Å². The number of aromatic nitrogens is 1. The van der Waals surface area contributed by atoms with Gasteiger partial charge in [-0.15, -0.1) is 0 Å². The van der Waals surface area contributed by atoms with Crippen molar-refractivity contribution >= 4 is 21.6 Å². The molecule has 14 heavy (non-hydrogen) atoms. The number of aryl methyl sites for hydroxylation is 1. The van der Waals surface area contributed by atoms with Crippen LogP contribution in [0.4, 0.5) is 0 Å². The number of hydrogen-bond acceptors (Lipinski definition) is 2. The predicted molar refractivity (Wildman–Crippen MR) is 58.4 cm³/mol. The monoisotopic (exact) mass is 208 g/mol. The number of hydrogen-bond donors (Lipinski definition) is 1. The maximum atomic E-state index is 9.39. The molecule has 2 aromatic rings. The molecule has 2 nitrogen and oxygen atoms in total. The second-order valence-electron chi connectivity index (χ2n) is 3.55. The molecular formula is C11H14NOS+. The Morgan fingerprint density at radius 3 is 2.86 bits per heavy atom. The molecule has 0 fully saturated rings. The summed E-state index contributed by atoms with van der Waals surface area (Å²) in [5.74, 6) is 0. The molecule has 74 valence electrons. The molecule has 1 heterocycles. The highest BCUT2D eigenvalue weighted by atomic mass is 32.1. The summed E-state index contributed by atoms with van der Waals surface area (Å²) in [6.07, 6.45) is -0.295. The molecule has 3 heteroatoms. The van der Waals surface area contributed by atoms with Gasteiger partial charge < -0.3 is 5.11 Å². The van der Waals surface area contributed by atoms with Gasteiger partial charge in [0.1, 0.15) is 10.8 Å². The highest BCUT2D eigenvalue weighted by Gasteiger charge is 2.17. The van der Waals surface area contributed by atoms with Gasteiger partial charge in [0.25, 0.3) is 0 Å². The van der Waals surface area contributed by atoms with E-state index in [4.69, 9.17) is 0 Å². The van der Waals surface area contributed by atoms with Crippen LogP contribution in [0.2, 0.25) is 0 Å². The van der Waals surface area contributed by atoms with E-state index >= 15 is 0 Å². The fourth-order valence-electron chi connectivity index (χ4n) is 1.64. The molecule has 1 atom stereocenters. The lowest BCUT2D eigenvalue weighted by Crippen LogP contribution is -2.39. The minimum atomic E-state index is -0.295. The summed E-state index contributed by atoms with van der Waals surface area (Å²) >= 11 is 1.77. The van der Waals surface area contributed by atoms with E-state index < -0.39 is 0 Å². The van der Waals surface area contributed by atoms with Crippen LogP contribution in [0.3, 0.4) is 0 Å². The van der Waals surface area contributed by atoms with Crippen LogP contribution < -0.4 is 4.57 Å². The molecule has 1 aromatic heterocycles. The first-order valence-corrected chi connectivity index (χ1v) is 5.56. The van der Waals surface area contributed by atoms with E-state index in [1.54, 1.807) is 11.3 Å². The second kappa shape index (κ2) is 3.67. The first-order chi connectivity index (χ1) is 6.68. The summed E-state index contributed by atoms with van der Waals surface area (Å²) in [7, 11) is 0. The number of aliphatic hydroxyl groups is 1. The van der Waals surface area contributed by atoms with E-state index in [1.165, 1.54) is 15.2 Å². The first-order valence-electron chi connectivity index (χ1n) is 4.74. The Hall–Kier alpha value is -0.930. The van der Waals surface area contributed by atoms with Gasteiger partial charge in [0, 0.05) is 13.0 Å². The summed E-state index contributed by atoms with van der Waals surface area (Å²) in [4.78, 5) is 0. The number of rotatable bonds is 2. The molecule has 0 saturated carbocycles. The van der Waals surface area contributed by atoms with Crippen molar-refractivity contribution in [2.75, 3.05) is 0 Å². The van der Waals surface area contributed by atoms with Gasteiger partial charge in [0.05, 0.1) is 0 Å². The van der Waals surface area contributed by atoms with Crippen LogP contribution in [0.1, 0.15) is 11.9 Å². The largest absolute Gasteiger partial charge is 0.387 e. The van der Waals surface area contributed by atoms with Gasteiger partial charge in [-0.05, 0) is 13.0 Å². The third-order valence-corrected chi connectivity index (χ3v) is 3.32. The Kier molecular flexibility index (Phi) is 2.52. The Bertz CT molecular complexity index is 447.